The van der Waals surface area contributed by atoms with Gasteiger partial charge in [-0.15, -0.1) is 10.2 Å². The summed E-state index contributed by atoms with van der Waals surface area (Å²) in [5.41, 5.74) is 5.64. The van der Waals surface area contributed by atoms with E-state index in [0.717, 1.165) is 27.9 Å². The first-order chi connectivity index (χ1) is 18.2. The molecule has 0 aliphatic heterocycles. The number of halogens is 2. The molecule has 5 rings (SSSR count). The molecule has 0 atom stereocenters. The number of anilines is 1. The Kier molecular flexibility index (Phi) is 7.28. The molecule has 0 bridgehead atoms. The maximum atomic E-state index is 12.4. The number of carbonyl (C=O) groups excluding carboxylic acids is 1. The van der Waals surface area contributed by atoms with E-state index in [0.29, 0.717) is 32.8 Å². The van der Waals surface area contributed by atoms with Crippen molar-refractivity contribution in [3.8, 4) is 17.0 Å². The second kappa shape index (κ2) is 10.8. The lowest BCUT2D eigenvalue weighted by molar-refractivity contribution is -0.115. The van der Waals surface area contributed by atoms with Gasteiger partial charge in [0.05, 0.1) is 5.69 Å². The smallest absolute Gasteiger partial charge is 0.250 e. The molecular weight excluding hydrogens is 541 g/mol. The van der Waals surface area contributed by atoms with Crippen molar-refractivity contribution in [3.05, 3.63) is 99.7 Å². The first-order valence-electron chi connectivity index (χ1n) is 11.6. The van der Waals surface area contributed by atoms with Crippen LogP contribution in [0.1, 0.15) is 16.9 Å². The van der Waals surface area contributed by atoms with E-state index in [1.54, 1.807) is 29.1 Å². The highest BCUT2D eigenvalue weighted by Gasteiger charge is 2.11. The Labute approximate surface area is 234 Å². The molecule has 0 fully saturated rings. The maximum absolute atomic E-state index is 12.4. The normalized spacial score (nSPS) is 11.3. The van der Waals surface area contributed by atoms with Gasteiger partial charge in [-0.25, -0.2) is 0 Å². The predicted octanol–water partition coefficient (Wildman–Crippen LogP) is 7.13. The molecule has 0 unspecified atom stereocenters. The fourth-order valence-corrected chi connectivity index (χ4v) is 4.22. The molecule has 0 saturated carbocycles. The van der Waals surface area contributed by atoms with E-state index in [1.807, 2.05) is 62.4 Å². The largest absolute Gasteiger partial charge is 0.457 e. The van der Waals surface area contributed by atoms with Crippen LogP contribution >= 0.6 is 35.4 Å². The van der Waals surface area contributed by atoms with Crippen LogP contribution in [0.15, 0.2) is 77.2 Å². The van der Waals surface area contributed by atoms with Crippen LogP contribution in [-0.2, 0) is 4.79 Å². The number of thiocarbonyl (C=S) groups is 1. The van der Waals surface area contributed by atoms with Crippen LogP contribution in [0.4, 0.5) is 5.69 Å². The number of fused-ring (bicyclic) bond motifs is 1. The Morgan fingerprint density at radius 3 is 2.42 bits per heavy atom. The second-order valence-electron chi connectivity index (χ2n) is 8.56. The number of nitrogens with one attached hydrogen (secondary N) is 2. The lowest BCUT2D eigenvalue weighted by Crippen LogP contribution is -2.33. The van der Waals surface area contributed by atoms with Crippen molar-refractivity contribution in [3.63, 3.8) is 0 Å². The summed E-state index contributed by atoms with van der Waals surface area (Å²) in [6.45, 7) is 3.86. The molecule has 5 aromatic rings. The number of amides is 1. The van der Waals surface area contributed by atoms with E-state index in [9.17, 15) is 4.79 Å². The van der Waals surface area contributed by atoms with Gasteiger partial charge in [0.25, 0.3) is 0 Å². The van der Waals surface area contributed by atoms with E-state index in [4.69, 9.17) is 39.8 Å². The SMILES string of the molecule is Cc1ccc(-c2ccc(/C=C/C(=O)NC(=S)Nc3cc4nn(-c5ccc(Cl)cc5)nc4cc3C)o2)cc1Cl. The van der Waals surface area contributed by atoms with Gasteiger partial charge < -0.3 is 9.73 Å². The summed E-state index contributed by atoms with van der Waals surface area (Å²) in [6, 6.07) is 20.3. The standard InChI is InChI=1S/C28H21Cl2N5O2S/c1-16-3-4-18(14-22(16)30)26-11-9-21(37-26)10-12-27(36)32-28(38)31-23-15-25-24(13-17(23)2)33-35(34-25)20-7-5-19(29)6-8-20/h3-15H,1-2H3,(H2,31,32,36,38)/b12-10+. The first kappa shape index (κ1) is 25.7. The monoisotopic (exact) mass is 561 g/mol. The van der Waals surface area contributed by atoms with Crippen molar-refractivity contribution in [2.75, 3.05) is 5.32 Å². The number of hydrogen-bond donors (Lipinski definition) is 2. The van der Waals surface area contributed by atoms with Gasteiger partial charge >= 0.3 is 0 Å². The molecule has 10 heteroatoms. The molecule has 0 spiro atoms. The highest BCUT2D eigenvalue weighted by Crippen LogP contribution is 2.27. The van der Waals surface area contributed by atoms with Crippen molar-refractivity contribution in [1.82, 2.24) is 20.3 Å². The molecular formula is C28H21Cl2N5O2S. The number of aryl methyl sites for hydroxylation is 2. The highest BCUT2D eigenvalue weighted by atomic mass is 35.5. The van der Waals surface area contributed by atoms with Crippen LogP contribution in [-0.4, -0.2) is 26.0 Å². The summed E-state index contributed by atoms with van der Waals surface area (Å²) in [4.78, 5) is 14.0. The lowest BCUT2D eigenvalue weighted by Gasteiger charge is -2.10. The van der Waals surface area contributed by atoms with Gasteiger partial charge in [-0.1, -0.05) is 35.3 Å². The van der Waals surface area contributed by atoms with Crippen LogP contribution < -0.4 is 10.6 Å². The van der Waals surface area contributed by atoms with Gasteiger partial charge in [0.15, 0.2) is 5.11 Å². The van der Waals surface area contributed by atoms with E-state index in [-0.39, 0.29) is 5.11 Å². The van der Waals surface area contributed by atoms with Gasteiger partial charge in [-0.05, 0) is 97.9 Å². The van der Waals surface area contributed by atoms with Gasteiger partial charge in [0, 0.05) is 27.4 Å². The Bertz CT molecular complexity index is 1710. The number of carbonyl (C=O) groups is 1. The zero-order chi connectivity index (χ0) is 26.8. The molecule has 2 aromatic heterocycles. The molecule has 38 heavy (non-hydrogen) atoms. The minimum Gasteiger partial charge on any atom is -0.457 e. The summed E-state index contributed by atoms with van der Waals surface area (Å²) in [5, 5.41) is 16.2. The number of furan rings is 1. The van der Waals surface area contributed by atoms with Crippen molar-refractivity contribution >= 4 is 69.2 Å². The lowest BCUT2D eigenvalue weighted by atomic mass is 10.1. The van der Waals surface area contributed by atoms with E-state index in [1.165, 1.54) is 6.08 Å². The third-order valence-electron chi connectivity index (χ3n) is 5.75. The quantitative estimate of drug-likeness (QED) is 0.175. The molecule has 0 aliphatic rings. The van der Waals surface area contributed by atoms with Gasteiger partial charge in [-0.3, -0.25) is 10.1 Å². The molecule has 2 N–H and O–H groups in total. The molecule has 1 amide bonds. The molecule has 3 aromatic carbocycles. The average Bonchev–Trinajstić information content (AvgIpc) is 3.52. The summed E-state index contributed by atoms with van der Waals surface area (Å²) >= 11 is 17.5. The Morgan fingerprint density at radius 2 is 1.68 bits per heavy atom. The predicted molar refractivity (Wildman–Crippen MR) is 156 cm³/mol. The van der Waals surface area contributed by atoms with E-state index < -0.39 is 5.91 Å². The van der Waals surface area contributed by atoms with Crippen LogP contribution in [0.2, 0.25) is 10.0 Å². The average molecular weight is 562 g/mol. The molecule has 0 aliphatic carbocycles. The van der Waals surface area contributed by atoms with Crippen molar-refractivity contribution in [1.29, 1.82) is 0 Å². The minimum atomic E-state index is -0.397. The van der Waals surface area contributed by atoms with E-state index in [2.05, 4.69) is 20.8 Å². The summed E-state index contributed by atoms with van der Waals surface area (Å²) < 4.78 is 5.82. The number of rotatable bonds is 5. The number of aromatic nitrogens is 3. The molecule has 190 valence electrons. The Morgan fingerprint density at radius 1 is 0.947 bits per heavy atom. The summed E-state index contributed by atoms with van der Waals surface area (Å²) in [7, 11) is 0. The Hall–Kier alpha value is -3.98. The zero-order valence-electron chi connectivity index (χ0n) is 20.3. The molecule has 2 heterocycles. The van der Waals surface area contributed by atoms with Crippen LogP contribution in [0.3, 0.4) is 0 Å². The second-order valence-corrected chi connectivity index (χ2v) is 9.82. The maximum Gasteiger partial charge on any atom is 0.250 e. The van der Waals surface area contributed by atoms with Crippen LogP contribution in [0.5, 0.6) is 0 Å². The highest BCUT2D eigenvalue weighted by molar-refractivity contribution is 7.80. The minimum absolute atomic E-state index is 0.154. The van der Waals surface area contributed by atoms with Crippen molar-refractivity contribution in [2.45, 2.75) is 13.8 Å². The van der Waals surface area contributed by atoms with Gasteiger partial charge in [-0.2, -0.15) is 4.80 Å². The molecule has 0 radical (unpaired) electrons. The zero-order valence-corrected chi connectivity index (χ0v) is 22.7. The van der Waals surface area contributed by atoms with Crippen molar-refractivity contribution in [2.24, 2.45) is 0 Å². The fourth-order valence-electron chi connectivity index (χ4n) is 3.70. The van der Waals surface area contributed by atoms with Gasteiger partial charge in [0.2, 0.25) is 5.91 Å². The third kappa shape index (κ3) is 5.78. The van der Waals surface area contributed by atoms with Crippen molar-refractivity contribution < 1.29 is 9.21 Å². The Balaban J connectivity index is 1.23. The fraction of sp³-hybridized carbons (Fsp3) is 0.0714. The van der Waals surface area contributed by atoms with Crippen LogP contribution in [0.25, 0.3) is 34.1 Å². The number of nitrogens with zero attached hydrogens (tertiary/aromatic N) is 3. The third-order valence-corrected chi connectivity index (χ3v) is 6.61. The number of hydrogen-bond acceptors (Lipinski definition) is 5. The van der Waals surface area contributed by atoms with Crippen LogP contribution in [0, 0.1) is 13.8 Å². The first-order valence-corrected chi connectivity index (χ1v) is 12.7. The van der Waals surface area contributed by atoms with E-state index >= 15 is 0 Å². The number of benzene rings is 3. The topological polar surface area (TPSA) is 85.0 Å². The summed E-state index contributed by atoms with van der Waals surface area (Å²) in [6.07, 6.45) is 2.93. The molecule has 7 nitrogen and oxygen atoms in total. The molecule has 0 saturated heterocycles. The van der Waals surface area contributed by atoms with Gasteiger partial charge in [0.1, 0.15) is 22.6 Å². The summed E-state index contributed by atoms with van der Waals surface area (Å²) in [5.74, 6) is 0.782.